The average molecular weight is 402 g/mol. The molecule has 4 rings (SSSR count). The van der Waals surface area contributed by atoms with Crippen molar-refractivity contribution >= 4 is 16.8 Å². The number of carbonyl (C=O) groups excluding carboxylic acids is 1. The molecule has 1 saturated carbocycles. The lowest BCUT2D eigenvalue weighted by molar-refractivity contribution is -0.128. The first-order chi connectivity index (χ1) is 14.0. The Bertz CT molecular complexity index is 1040. The predicted molar refractivity (Wildman–Crippen MR) is 104 cm³/mol. The van der Waals surface area contributed by atoms with E-state index in [0.717, 1.165) is 11.6 Å². The summed E-state index contributed by atoms with van der Waals surface area (Å²) in [6, 6.07) is 8.01. The highest BCUT2D eigenvalue weighted by atomic mass is 19.1. The number of carbonyl (C=O) groups is 1. The second-order valence-electron chi connectivity index (χ2n) is 7.38. The first kappa shape index (κ1) is 19.5. The predicted octanol–water partition coefficient (Wildman–Crippen LogP) is 4.51. The molecule has 3 aromatic rings. The zero-order valence-electron chi connectivity index (χ0n) is 15.9. The third-order valence-corrected chi connectivity index (χ3v) is 5.52. The minimum absolute atomic E-state index is 0.0248. The van der Waals surface area contributed by atoms with Crippen LogP contribution in [0.3, 0.4) is 0 Å². The van der Waals surface area contributed by atoms with Gasteiger partial charge in [0.1, 0.15) is 17.5 Å². The van der Waals surface area contributed by atoms with Crippen LogP contribution in [-0.4, -0.2) is 31.2 Å². The maximum Gasteiger partial charge on any atom is 0.223 e. The van der Waals surface area contributed by atoms with Crippen LogP contribution in [0.2, 0.25) is 0 Å². The van der Waals surface area contributed by atoms with Gasteiger partial charge in [-0.15, -0.1) is 0 Å². The zero-order valence-corrected chi connectivity index (χ0v) is 15.9. The fourth-order valence-corrected chi connectivity index (χ4v) is 4.00. The van der Waals surface area contributed by atoms with Crippen LogP contribution in [0.5, 0.6) is 0 Å². The highest BCUT2D eigenvalue weighted by Crippen LogP contribution is 2.48. The number of methoxy groups -OCH3 is 1. The number of aromatic amines is 1. The Labute approximate surface area is 166 Å². The van der Waals surface area contributed by atoms with Crippen molar-refractivity contribution in [1.82, 2.24) is 10.3 Å². The first-order valence-electron chi connectivity index (χ1n) is 9.51. The van der Waals surface area contributed by atoms with Crippen LogP contribution in [0.4, 0.5) is 13.2 Å². The Hall–Kier alpha value is -2.80. The van der Waals surface area contributed by atoms with E-state index in [1.165, 1.54) is 18.2 Å². The van der Waals surface area contributed by atoms with Crippen molar-refractivity contribution < 1.29 is 22.7 Å². The normalized spacial score (nSPS) is 18.6. The summed E-state index contributed by atoms with van der Waals surface area (Å²) in [7, 11) is 1.57. The molecule has 1 fully saturated rings. The van der Waals surface area contributed by atoms with Gasteiger partial charge in [0.2, 0.25) is 5.91 Å². The van der Waals surface area contributed by atoms with Gasteiger partial charge in [-0.3, -0.25) is 4.79 Å². The zero-order chi connectivity index (χ0) is 20.5. The van der Waals surface area contributed by atoms with Crippen LogP contribution in [0.25, 0.3) is 22.2 Å². The van der Waals surface area contributed by atoms with E-state index < -0.39 is 11.6 Å². The van der Waals surface area contributed by atoms with E-state index in [2.05, 4.69) is 10.3 Å². The SMILES string of the molecule is COCCNC(=O)[C@H]1C[C@@H](c2c(-c3ccc(F)cc3)[nH]c3c(F)cc(F)cc32)C1. The molecule has 0 aliphatic heterocycles. The van der Waals surface area contributed by atoms with E-state index in [4.69, 9.17) is 4.74 Å². The highest BCUT2D eigenvalue weighted by molar-refractivity contribution is 5.92. The molecule has 1 amide bonds. The molecule has 29 heavy (non-hydrogen) atoms. The summed E-state index contributed by atoms with van der Waals surface area (Å²) >= 11 is 0. The number of halogens is 3. The highest BCUT2D eigenvalue weighted by Gasteiger charge is 2.38. The van der Waals surface area contributed by atoms with Gasteiger partial charge in [0.05, 0.1) is 17.8 Å². The van der Waals surface area contributed by atoms with Crippen LogP contribution < -0.4 is 5.32 Å². The number of hydrogen-bond donors (Lipinski definition) is 2. The second kappa shape index (κ2) is 7.91. The number of rotatable bonds is 6. The molecule has 2 N–H and O–H groups in total. The van der Waals surface area contributed by atoms with Gasteiger partial charge in [-0.05, 0) is 60.2 Å². The van der Waals surface area contributed by atoms with Crippen LogP contribution >= 0.6 is 0 Å². The van der Waals surface area contributed by atoms with E-state index in [0.29, 0.717) is 42.6 Å². The van der Waals surface area contributed by atoms with Gasteiger partial charge in [-0.25, -0.2) is 13.2 Å². The van der Waals surface area contributed by atoms with Gasteiger partial charge < -0.3 is 15.0 Å². The lowest BCUT2D eigenvalue weighted by atomic mass is 9.70. The fourth-order valence-electron chi connectivity index (χ4n) is 4.00. The summed E-state index contributed by atoms with van der Waals surface area (Å²) in [6.45, 7) is 0.887. The van der Waals surface area contributed by atoms with E-state index in [-0.39, 0.29) is 29.1 Å². The molecule has 0 bridgehead atoms. The fraction of sp³-hybridized carbons (Fsp3) is 0.318. The topological polar surface area (TPSA) is 54.1 Å². The van der Waals surface area contributed by atoms with Crippen molar-refractivity contribution in [2.24, 2.45) is 5.92 Å². The summed E-state index contributed by atoms with van der Waals surface area (Å²) in [5, 5.41) is 3.29. The number of fused-ring (bicyclic) bond motifs is 1. The summed E-state index contributed by atoms with van der Waals surface area (Å²) in [4.78, 5) is 15.3. The van der Waals surface area contributed by atoms with Gasteiger partial charge in [0.15, 0.2) is 0 Å². The summed E-state index contributed by atoms with van der Waals surface area (Å²) < 4.78 is 46.6. The largest absolute Gasteiger partial charge is 0.383 e. The molecule has 0 saturated heterocycles. The molecule has 152 valence electrons. The van der Waals surface area contributed by atoms with Crippen molar-refractivity contribution in [2.75, 3.05) is 20.3 Å². The van der Waals surface area contributed by atoms with Crippen molar-refractivity contribution in [3.63, 3.8) is 0 Å². The van der Waals surface area contributed by atoms with Crippen molar-refractivity contribution in [2.45, 2.75) is 18.8 Å². The third-order valence-electron chi connectivity index (χ3n) is 5.52. The third kappa shape index (κ3) is 3.74. The monoisotopic (exact) mass is 402 g/mol. The molecular formula is C22H21F3N2O2. The summed E-state index contributed by atoms with van der Waals surface area (Å²) in [5.41, 5.74) is 2.30. The Morgan fingerprint density at radius 2 is 1.86 bits per heavy atom. The number of nitrogens with one attached hydrogen (secondary N) is 2. The summed E-state index contributed by atoms with van der Waals surface area (Å²) in [6.07, 6.45) is 1.16. The Balaban J connectivity index is 1.67. The molecular weight excluding hydrogens is 381 g/mol. The van der Waals surface area contributed by atoms with E-state index >= 15 is 0 Å². The molecule has 0 radical (unpaired) electrons. The number of H-pyrrole nitrogens is 1. The lowest BCUT2D eigenvalue weighted by Crippen LogP contribution is -2.39. The number of amides is 1. The molecule has 1 aliphatic carbocycles. The smallest absolute Gasteiger partial charge is 0.223 e. The van der Waals surface area contributed by atoms with Gasteiger partial charge in [0, 0.05) is 31.0 Å². The molecule has 1 heterocycles. The van der Waals surface area contributed by atoms with Gasteiger partial charge >= 0.3 is 0 Å². The number of benzene rings is 2. The maximum absolute atomic E-state index is 14.4. The van der Waals surface area contributed by atoms with Crippen molar-refractivity contribution in [3.8, 4) is 11.3 Å². The van der Waals surface area contributed by atoms with E-state index in [1.807, 2.05) is 0 Å². The van der Waals surface area contributed by atoms with Gasteiger partial charge in [-0.2, -0.15) is 0 Å². The molecule has 4 nitrogen and oxygen atoms in total. The number of hydrogen-bond acceptors (Lipinski definition) is 2. The molecule has 1 aromatic heterocycles. The molecule has 2 aromatic carbocycles. The molecule has 0 spiro atoms. The quantitative estimate of drug-likeness (QED) is 0.596. The number of aromatic nitrogens is 1. The Morgan fingerprint density at radius 1 is 1.14 bits per heavy atom. The van der Waals surface area contributed by atoms with E-state index in [1.54, 1.807) is 19.2 Å². The Morgan fingerprint density at radius 3 is 2.55 bits per heavy atom. The number of ether oxygens (including phenoxy) is 1. The molecule has 0 unspecified atom stereocenters. The minimum atomic E-state index is -0.678. The maximum atomic E-state index is 14.4. The van der Waals surface area contributed by atoms with E-state index in [9.17, 15) is 18.0 Å². The molecule has 0 atom stereocenters. The van der Waals surface area contributed by atoms with Crippen molar-refractivity contribution in [3.05, 3.63) is 59.4 Å². The standard InChI is InChI=1S/C22H21F3N2O2/c1-29-7-6-26-22(28)14-8-13(9-14)19-17-10-16(24)11-18(25)21(17)27-20(19)12-2-4-15(23)5-3-12/h2-5,10-11,13-14,27H,6-9H2,1H3,(H,26,28)/t13-,14+. The molecule has 1 aliphatic rings. The lowest BCUT2D eigenvalue weighted by Gasteiger charge is -2.35. The van der Waals surface area contributed by atoms with Crippen LogP contribution in [0.1, 0.15) is 24.3 Å². The molecule has 7 heteroatoms. The first-order valence-corrected chi connectivity index (χ1v) is 9.51. The van der Waals surface area contributed by atoms with Crippen LogP contribution in [-0.2, 0) is 9.53 Å². The van der Waals surface area contributed by atoms with Crippen molar-refractivity contribution in [1.29, 1.82) is 0 Å². The second-order valence-corrected chi connectivity index (χ2v) is 7.38. The summed E-state index contributed by atoms with van der Waals surface area (Å²) in [5.74, 6) is -1.93. The van der Waals surface area contributed by atoms with Crippen LogP contribution in [0, 0.1) is 23.4 Å². The Kier molecular flexibility index (Phi) is 5.32. The average Bonchev–Trinajstić information content (AvgIpc) is 3.01. The van der Waals surface area contributed by atoms with Crippen LogP contribution in [0.15, 0.2) is 36.4 Å². The minimum Gasteiger partial charge on any atom is -0.383 e. The van der Waals surface area contributed by atoms with Gasteiger partial charge in [0.25, 0.3) is 0 Å². The van der Waals surface area contributed by atoms with Gasteiger partial charge in [-0.1, -0.05) is 0 Å².